The van der Waals surface area contributed by atoms with Gasteiger partial charge in [-0.3, -0.25) is 19.7 Å². The lowest BCUT2D eigenvalue weighted by molar-refractivity contribution is -0.384. The van der Waals surface area contributed by atoms with E-state index in [1.54, 1.807) is 36.4 Å². The van der Waals surface area contributed by atoms with Crippen LogP contribution in [0.4, 0.5) is 28.4 Å². The largest absolute Gasteiger partial charge is 0.481 e. The molecule has 0 heterocycles. The zero-order chi connectivity index (χ0) is 31.1. The Morgan fingerprint density at radius 1 is 1.07 bits per heavy atom. The smallest absolute Gasteiger partial charge is 0.307 e. The number of nitro benzene ring substituents is 1. The zero-order valence-corrected chi connectivity index (χ0v) is 24.0. The van der Waals surface area contributed by atoms with Crippen molar-refractivity contribution in [1.82, 2.24) is 0 Å². The lowest BCUT2D eigenvalue weighted by Gasteiger charge is -2.22. The third kappa shape index (κ3) is 9.52. The van der Waals surface area contributed by atoms with E-state index in [1.807, 2.05) is 24.8 Å². The maximum Gasteiger partial charge on any atom is 0.307 e. The Kier molecular flexibility index (Phi) is 13.3. The van der Waals surface area contributed by atoms with Crippen molar-refractivity contribution in [1.29, 1.82) is 10.5 Å². The quantitative estimate of drug-likeness (QED) is 0.0696. The van der Waals surface area contributed by atoms with E-state index in [9.17, 15) is 35.3 Å². The van der Waals surface area contributed by atoms with E-state index in [4.69, 9.17) is 0 Å². The summed E-state index contributed by atoms with van der Waals surface area (Å²) in [6, 6.07) is 10.7. The highest BCUT2D eigenvalue weighted by Gasteiger charge is 2.21. The van der Waals surface area contributed by atoms with Crippen LogP contribution in [0, 0.1) is 38.7 Å². The van der Waals surface area contributed by atoms with Crippen molar-refractivity contribution in [3.63, 3.8) is 0 Å². The number of azo groups is 1. The van der Waals surface area contributed by atoms with E-state index < -0.39 is 28.4 Å². The third-order valence-electron chi connectivity index (χ3n) is 6.53. The van der Waals surface area contributed by atoms with Crippen LogP contribution in [0.1, 0.15) is 70.4 Å². The Bertz CT molecular complexity index is 1380. The molecule has 0 radical (unpaired) electrons. The zero-order valence-electron chi connectivity index (χ0n) is 24.0. The van der Waals surface area contributed by atoms with E-state index in [-0.39, 0.29) is 41.0 Å². The number of nitrogens with zero attached hydrogens (tertiary/aromatic N) is 6. The maximum absolute atomic E-state index is 13.0. The first-order chi connectivity index (χ1) is 20.2. The number of nitro groups is 1. The Balaban J connectivity index is 2.40. The van der Waals surface area contributed by atoms with Crippen LogP contribution in [0.5, 0.6) is 0 Å². The molecule has 12 nitrogen and oxygen atoms in total. The fourth-order valence-corrected chi connectivity index (χ4v) is 4.19. The number of allylic oxidation sites excluding steroid dienone is 2. The predicted octanol–water partition coefficient (Wildman–Crippen LogP) is 7.16. The monoisotopic (exact) mass is 573 g/mol. The Hall–Kier alpha value is -5.10. The summed E-state index contributed by atoms with van der Waals surface area (Å²) in [4.78, 5) is 37.4. The van der Waals surface area contributed by atoms with Gasteiger partial charge in [-0.15, -0.1) is 10.2 Å². The van der Waals surface area contributed by atoms with Gasteiger partial charge in [0.25, 0.3) is 5.69 Å². The van der Waals surface area contributed by atoms with Gasteiger partial charge in [0.15, 0.2) is 0 Å². The molecule has 2 aromatic rings. The SMILES string of the molecule is CCCCC/C=C/CC(CC(=O)Nc1cc(N(CC)CC)ccc1N=Nc1c(C#N)cc([N+](=O)[O-])cc1C#N)C(=O)O. The van der Waals surface area contributed by atoms with Crippen molar-refractivity contribution in [2.75, 3.05) is 23.3 Å². The van der Waals surface area contributed by atoms with Crippen LogP contribution >= 0.6 is 0 Å². The highest BCUT2D eigenvalue weighted by atomic mass is 16.6. The molecule has 2 aromatic carbocycles. The van der Waals surface area contributed by atoms with E-state index in [1.165, 1.54) is 0 Å². The number of benzene rings is 2. The van der Waals surface area contributed by atoms with Gasteiger partial charge in [-0.05, 0) is 51.3 Å². The van der Waals surface area contributed by atoms with E-state index >= 15 is 0 Å². The summed E-state index contributed by atoms with van der Waals surface area (Å²) in [5.74, 6) is -2.52. The molecule has 12 heteroatoms. The lowest BCUT2D eigenvalue weighted by Crippen LogP contribution is -2.23. The minimum absolute atomic E-state index is 0.146. The number of carboxylic acid groups (broad SMARTS) is 1. The average Bonchev–Trinajstić information content (AvgIpc) is 2.97. The number of carboxylic acids is 1. The topological polar surface area (TPSA) is 185 Å². The van der Waals surface area contributed by atoms with E-state index in [0.29, 0.717) is 13.1 Å². The molecule has 2 rings (SSSR count). The second-order valence-corrected chi connectivity index (χ2v) is 9.43. The Morgan fingerprint density at radius 2 is 1.74 bits per heavy atom. The molecule has 0 aromatic heterocycles. The van der Waals surface area contributed by atoms with Gasteiger partial charge < -0.3 is 15.3 Å². The van der Waals surface area contributed by atoms with Crippen LogP contribution in [0.2, 0.25) is 0 Å². The van der Waals surface area contributed by atoms with Gasteiger partial charge in [0.05, 0.1) is 27.7 Å². The maximum atomic E-state index is 13.0. The van der Waals surface area contributed by atoms with Crippen molar-refractivity contribution in [3.8, 4) is 12.1 Å². The lowest BCUT2D eigenvalue weighted by atomic mass is 10.0. The molecule has 0 saturated carbocycles. The number of carbonyl (C=O) groups excluding carboxylic acids is 1. The summed E-state index contributed by atoms with van der Waals surface area (Å²) in [6.45, 7) is 7.44. The number of rotatable bonds is 16. The van der Waals surface area contributed by atoms with Gasteiger partial charge in [-0.1, -0.05) is 31.9 Å². The number of aliphatic carboxylic acids is 1. The molecule has 1 atom stereocenters. The molecule has 2 N–H and O–H groups in total. The van der Waals surface area contributed by atoms with Gasteiger partial charge in [0.2, 0.25) is 5.91 Å². The number of non-ortho nitro benzene ring substituents is 1. The number of nitriles is 2. The van der Waals surface area contributed by atoms with Crippen LogP contribution in [0.25, 0.3) is 0 Å². The first-order valence-corrected chi connectivity index (χ1v) is 13.8. The number of unbranched alkanes of at least 4 members (excludes halogenated alkanes) is 3. The average molecular weight is 574 g/mol. The fourth-order valence-electron chi connectivity index (χ4n) is 4.19. The molecule has 0 bridgehead atoms. The van der Waals surface area contributed by atoms with Crippen LogP contribution in [-0.2, 0) is 9.59 Å². The third-order valence-corrected chi connectivity index (χ3v) is 6.53. The predicted molar refractivity (Wildman–Crippen MR) is 159 cm³/mol. The molecular formula is C30H35N7O5. The molecule has 0 spiro atoms. The summed E-state index contributed by atoms with van der Waals surface area (Å²) in [5.41, 5.74) is 0.239. The van der Waals surface area contributed by atoms with Gasteiger partial charge in [-0.2, -0.15) is 10.5 Å². The number of hydrogen-bond donors (Lipinski definition) is 2. The van der Waals surface area contributed by atoms with Crippen molar-refractivity contribution in [2.45, 2.75) is 59.3 Å². The standard InChI is InChI=1S/C30H35N7O5/c1-4-7-8-9-10-11-12-21(30(39)40)17-28(38)33-27-18-24(36(5-2)6-3)13-14-26(27)34-35-29-22(19-31)15-25(37(41)42)16-23(29)20-32/h10-11,13-16,18,21H,4-9,12,17H2,1-3H3,(H,33,38)(H,39,40)/b11-10+,35-34?. The van der Waals surface area contributed by atoms with E-state index in [0.717, 1.165) is 43.5 Å². The van der Waals surface area contributed by atoms with Gasteiger partial charge in [0.1, 0.15) is 23.5 Å². The minimum Gasteiger partial charge on any atom is -0.481 e. The van der Waals surface area contributed by atoms with Gasteiger partial charge >= 0.3 is 5.97 Å². The number of anilines is 2. The molecule has 220 valence electrons. The van der Waals surface area contributed by atoms with E-state index in [2.05, 4.69) is 22.5 Å². The molecular weight excluding hydrogens is 538 g/mol. The van der Waals surface area contributed by atoms with Crippen LogP contribution in [0.3, 0.4) is 0 Å². The summed E-state index contributed by atoms with van der Waals surface area (Å²) < 4.78 is 0. The molecule has 0 fully saturated rings. The highest BCUT2D eigenvalue weighted by Crippen LogP contribution is 2.35. The molecule has 0 aliphatic rings. The van der Waals surface area contributed by atoms with Gasteiger partial charge in [0, 0.05) is 37.3 Å². The molecule has 1 unspecified atom stereocenters. The van der Waals surface area contributed by atoms with Crippen LogP contribution in [0.15, 0.2) is 52.7 Å². The van der Waals surface area contributed by atoms with Crippen LogP contribution < -0.4 is 10.2 Å². The number of hydrogen-bond acceptors (Lipinski definition) is 9. The van der Waals surface area contributed by atoms with Gasteiger partial charge in [-0.25, -0.2) is 0 Å². The summed E-state index contributed by atoms with van der Waals surface area (Å²) in [7, 11) is 0. The molecule has 0 aliphatic heterocycles. The minimum atomic E-state index is -1.08. The molecule has 0 aliphatic carbocycles. The second-order valence-electron chi connectivity index (χ2n) is 9.43. The first kappa shape index (κ1) is 33.1. The normalized spacial score (nSPS) is 11.6. The number of nitrogens with one attached hydrogen (secondary N) is 1. The molecule has 1 amide bonds. The number of amides is 1. The highest BCUT2D eigenvalue weighted by molar-refractivity contribution is 5.96. The number of carbonyl (C=O) groups is 2. The molecule has 0 saturated heterocycles. The molecule has 42 heavy (non-hydrogen) atoms. The second kappa shape index (κ2) is 16.9. The van der Waals surface area contributed by atoms with Crippen molar-refractivity contribution < 1.29 is 19.6 Å². The Labute approximate surface area is 245 Å². The fraction of sp³-hybridized carbons (Fsp3) is 0.400. The van der Waals surface area contributed by atoms with Crippen molar-refractivity contribution >= 4 is 40.3 Å². The van der Waals surface area contributed by atoms with Crippen molar-refractivity contribution in [3.05, 3.63) is 63.7 Å². The first-order valence-electron chi connectivity index (χ1n) is 13.8. The summed E-state index contributed by atoms with van der Waals surface area (Å²) >= 11 is 0. The van der Waals surface area contributed by atoms with Crippen LogP contribution in [-0.4, -0.2) is 35.0 Å². The summed E-state index contributed by atoms with van der Waals surface area (Å²) in [6.07, 6.45) is 7.77. The summed E-state index contributed by atoms with van der Waals surface area (Å²) in [5, 5.41) is 50.9. The van der Waals surface area contributed by atoms with Crippen molar-refractivity contribution in [2.24, 2.45) is 16.1 Å². The Morgan fingerprint density at radius 3 is 2.29 bits per heavy atom.